The Labute approximate surface area is 112 Å². The van der Waals surface area contributed by atoms with Crippen molar-refractivity contribution in [3.63, 3.8) is 0 Å². The summed E-state index contributed by atoms with van der Waals surface area (Å²) in [6, 6.07) is 2.14. The lowest BCUT2D eigenvalue weighted by Gasteiger charge is -2.26. The predicted molar refractivity (Wildman–Crippen MR) is 74.9 cm³/mol. The molecule has 1 amide bonds. The van der Waals surface area contributed by atoms with Gasteiger partial charge in [-0.3, -0.25) is 9.69 Å². The molecule has 18 heavy (non-hydrogen) atoms. The van der Waals surface area contributed by atoms with Crippen LogP contribution in [0.25, 0.3) is 0 Å². The minimum Gasteiger partial charge on any atom is -0.350 e. The molecule has 0 aliphatic carbocycles. The van der Waals surface area contributed by atoms with E-state index in [1.54, 1.807) is 11.3 Å². The van der Waals surface area contributed by atoms with E-state index in [-0.39, 0.29) is 5.91 Å². The molecule has 4 nitrogen and oxygen atoms in total. The van der Waals surface area contributed by atoms with Gasteiger partial charge in [0.15, 0.2) is 0 Å². The van der Waals surface area contributed by atoms with Gasteiger partial charge >= 0.3 is 0 Å². The van der Waals surface area contributed by atoms with Crippen molar-refractivity contribution in [2.45, 2.75) is 19.9 Å². The van der Waals surface area contributed by atoms with Crippen LogP contribution < -0.4 is 10.6 Å². The van der Waals surface area contributed by atoms with Crippen LogP contribution >= 0.6 is 11.3 Å². The van der Waals surface area contributed by atoms with E-state index in [1.165, 1.54) is 10.4 Å². The van der Waals surface area contributed by atoms with Crippen LogP contribution in [-0.4, -0.2) is 43.5 Å². The van der Waals surface area contributed by atoms with Crippen molar-refractivity contribution in [1.29, 1.82) is 0 Å². The molecule has 1 fully saturated rings. The maximum absolute atomic E-state index is 11.8. The van der Waals surface area contributed by atoms with E-state index in [2.05, 4.69) is 33.9 Å². The van der Waals surface area contributed by atoms with E-state index in [9.17, 15) is 4.79 Å². The Kier molecular flexibility index (Phi) is 5.16. The first-order valence-electron chi connectivity index (χ1n) is 6.54. The first kappa shape index (κ1) is 13.5. The number of carbonyl (C=O) groups excluding carboxylic acids is 1. The standard InChI is InChI=1S/C13H21N3OS/c1-2-11-3-8-18-12(11)9-15-13(17)10-16-6-4-14-5-7-16/h3,8,14H,2,4-7,9-10H2,1H3,(H,15,17). The van der Waals surface area contributed by atoms with Gasteiger partial charge in [0.05, 0.1) is 13.1 Å². The molecule has 2 rings (SSSR count). The van der Waals surface area contributed by atoms with Gasteiger partial charge in [-0.1, -0.05) is 6.92 Å². The monoisotopic (exact) mass is 267 g/mol. The van der Waals surface area contributed by atoms with Gasteiger partial charge in [-0.25, -0.2) is 0 Å². The lowest BCUT2D eigenvalue weighted by atomic mass is 10.2. The number of rotatable bonds is 5. The average molecular weight is 267 g/mol. The van der Waals surface area contributed by atoms with Crippen molar-refractivity contribution < 1.29 is 4.79 Å². The fourth-order valence-corrected chi connectivity index (χ4v) is 3.06. The first-order chi connectivity index (χ1) is 8.79. The molecule has 1 aliphatic heterocycles. The molecular formula is C13H21N3OS. The van der Waals surface area contributed by atoms with Gasteiger partial charge < -0.3 is 10.6 Å². The van der Waals surface area contributed by atoms with E-state index in [1.807, 2.05) is 0 Å². The number of carbonyl (C=O) groups is 1. The van der Waals surface area contributed by atoms with Crippen LogP contribution in [0.5, 0.6) is 0 Å². The van der Waals surface area contributed by atoms with Crippen LogP contribution in [0.4, 0.5) is 0 Å². The van der Waals surface area contributed by atoms with Crippen LogP contribution in [0.1, 0.15) is 17.4 Å². The van der Waals surface area contributed by atoms with Gasteiger partial charge in [-0.2, -0.15) is 0 Å². The lowest BCUT2D eigenvalue weighted by molar-refractivity contribution is -0.122. The summed E-state index contributed by atoms with van der Waals surface area (Å²) in [6.45, 7) is 7.24. The summed E-state index contributed by atoms with van der Waals surface area (Å²) >= 11 is 1.72. The summed E-state index contributed by atoms with van der Waals surface area (Å²) < 4.78 is 0. The summed E-state index contributed by atoms with van der Waals surface area (Å²) in [5, 5.41) is 8.40. The molecule has 0 aromatic carbocycles. The van der Waals surface area contributed by atoms with E-state index < -0.39 is 0 Å². The van der Waals surface area contributed by atoms with Crippen molar-refractivity contribution in [2.24, 2.45) is 0 Å². The lowest BCUT2D eigenvalue weighted by Crippen LogP contribution is -2.47. The molecule has 1 aromatic rings. The number of hydrogen-bond acceptors (Lipinski definition) is 4. The zero-order valence-corrected chi connectivity index (χ0v) is 11.7. The van der Waals surface area contributed by atoms with Crippen LogP contribution in [0.3, 0.4) is 0 Å². The highest BCUT2D eigenvalue weighted by molar-refractivity contribution is 7.10. The van der Waals surface area contributed by atoms with Crippen molar-refractivity contribution in [1.82, 2.24) is 15.5 Å². The minimum atomic E-state index is 0.132. The molecule has 0 unspecified atom stereocenters. The second-order valence-electron chi connectivity index (χ2n) is 4.53. The van der Waals surface area contributed by atoms with Crippen LogP contribution in [0, 0.1) is 0 Å². The molecule has 1 aromatic heterocycles. The topological polar surface area (TPSA) is 44.4 Å². The Morgan fingerprint density at radius 1 is 1.50 bits per heavy atom. The normalized spacial score (nSPS) is 16.7. The highest BCUT2D eigenvalue weighted by Gasteiger charge is 2.13. The summed E-state index contributed by atoms with van der Waals surface area (Å²) in [5.41, 5.74) is 1.35. The Bertz CT molecular complexity index is 385. The number of amides is 1. The smallest absolute Gasteiger partial charge is 0.234 e. The Balaban J connectivity index is 1.74. The summed E-state index contributed by atoms with van der Waals surface area (Å²) in [6.07, 6.45) is 1.03. The molecule has 0 bridgehead atoms. The van der Waals surface area contributed by atoms with E-state index >= 15 is 0 Å². The second-order valence-corrected chi connectivity index (χ2v) is 5.53. The maximum Gasteiger partial charge on any atom is 0.234 e. The van der Waals surface area contributed by atoms with Gasteiger partial charge in [0.2, 0.25) is 5.91 Å². The van der Waals surface area contributed by atoms with Crippen LogP contribution in [0.2, 0.25) is 0 Å². The zero-order chi connectivity index (χ0) is 12.8. The van der Waals surface area contributed by atoms with Crippen molar-refractivity contribution in [2.75, 3.05) is 32.7 Å². The second kappa shape index (κ2) is 6.87. The molecule has 1 saturated heterocycles. The van der Waals surface area contributed by atoms with E-state index in [4.69, 9.17) is 0 Å². The molecule has 0 saturated carbocycles. The van der Waals surface area contributed by atoms with Gasteiger partial charge in [0.25, 0.3) is 0 Å². The Hall–Kier alpha value is -0.910. The molecule has 2 heterocycles. The fraction of sp³-hybridized carbons (Fsp3) is 0.615. The van der Waals surface area contributed by atoms with Gasteiger partial charge in [0, 0.05) is 31.1 Å². The number of aryl methyl sites for hydroxylation is 1. The molecule has 1 aliphatic rings. The molecule has 0 radical (unpaired) electrons. The average Bonchev–Trinajstić information content (AvgIpc) is 2.85. The maximum atomic E-state index is 11.8. The zero-order valence-electron chi connectivity index (χ0n) is 10.9. The number of nitrogens with zero attached hydrogens (tertiary/aromatic N) is 1. The predicted octanol–water partition coefficient (Wildman–Crippen LogP) is 0.832. The van der Waals surface area contributed by atoms with Crippen LogP contribution in [-0.2, 0) is 17.8 Å². The van der Waals surface area contributed by atoms with Gasteiger partial charge in [-0.15, -0.1) is 11.3 Å². The number of nitrogens with one attached hydrogen (secondary N) is 2. The quantitative estimate of drug-likeness (QED) is 0.830. The number of thiophene rings is 1. The van der Waals surface area contributed by atoms with Crippen molar-refractivity contribution in [3.05, 3.63) is 21.9 Å². The van der Waals surface area contributed by atoms with Gasteiger partial charge in [-0.05, 0) is 23.4 Å². The summed E-state index contributed by atoms with van der Waals surface area (Å²) in [5.74, 6) is 0.132. The molecule has 0 atom stereocenters. The fourth-order valence-electron chi connectivity index (χ4n) is 2.14. The van der Waals surface area contributed by atoms with Crippen LogP contribution in [0.15, 0.2) is 11.4 Å². The molecule has 100 valence electrons. The van der Waals surface area contributed by atoms with Crippen molar-refractivity contribution in [3.8, 4) is 0 Å². The summed E-state index contributed by atoms with van der Waals surface area (Å²) in [7, 11) is 0. The molecular weight excluding hydrogens is 246 g/mol. The number of hydrogen-bond donors (Lipinski definition) is 2. The van der Waals surface area contributed by atoms with Crippen molar-refractivity contribution >= 4 is 17.2 Å². The Morgan fingerprint density at radius 2 is 2.28 bits per heavy atom. The van der Waals surface area contributed by atoms with E-state index in [0.717, 1.165) is 32.6 Å². The molecule has 0 spiro atoms. The SMILES string of the molecule is CCc1ccsc1CNC(=O)CN1CCNCC1. The molecule has 5 heteroatoms. The van der Waals surface area contributed by atoms with E-state index in [0.29, 0.717) is 13.1 Å². The Morgan fingerprint density at radius 3 is 3.00 bits per heavy atom. The van der Waals surface area contributed by atoms with Gasteiger partial charge in [0.1, 0.15) is 0 Å². The highest BCUT2D eigenvalue weighted by Crippen LogP contribution is 2.16. The molecule has 2 N–H and O–H groups in total. The third-order valence-electron chi connectivity index (χ3n) is 3.24. The third-order valence-corrected chi connectivity index (χ3v) is 4.20. The first-order valence-corrected chi connectivity index (χ1v) is 7.42. The minimum absolute atomic E-state index is 0.132. The number of piperazine rings is 1. The summed E-state index contributed by atoms with van der Waals surface area (Å²) in [4.78, 5) is 15.3. The largest absolute Gasteiger partial charge is 0.350 e. The third kappa shape index (κ3) is 3.80. The highest BCUT2D eigenvalue weighted by atomic mass is 32.1.